The van der Waals surface area contributed by atoms with E-state index in [2.05, 4.69) is 12.2 Å². The smallest absolute Gasteiger partial charge is 0.269 e. The van der Waals surface area contributed by atoms with Crippen LogP contribution in [0.4, 0.5) is 11.4 Å². The van der Waals surface area contributed by atoms with Crippen molar-refractivity contribution in [2.75, 3.05) is 11.9 Å². The van der Waals surface area contributed by atoms with E-state index in [1.165, 1.54) is 32.1 Å². The molecular weight excluding hydrogens is 240 g/mol. The molecule has 0 saturated heterocycles. The normalized spacial score (nSPS) is 24.6. The summed E-state index contributed by atoms with van der Waals surface area (Å²) in [5.74, 6) is 0.419. The van der Waals surface area contributed by atoms with Crippen molar-refractivity contribution >= 4 is 11.4 Å². The minimum Gasteiger partial charge on any atom is -0.384 e. The molecule has 1 saturated carbocycles. The largest absolute Gasteiger partial charge is 0.384 e. The molecule has 4 heteroatoms. The number of nitrogens with one attached hydrogen (secondary N) is 1. The Hall–Kier alpha value is -1.58. The second-order valence-electron chi connectivity index (χ2n) is 6.18. The van der Waals surface area contributed by atoms with Crippen molar-refractivity contribution < 1.29 is 4.92 Å². The summed E-state index contributed by atoms with van der Waals surface area (Å²) in [5, 5.41) is 14.4. The number of rotatable bonds is 2. The van der Waals surface area contributed by atoms with E-state index in [4.69, 9.17) is 0 Å². The first kappa shape index (κ1) is 12.5. The molecule has 4 nitrogen and oxygen atoms in total. The van der Waals surface area contributed by atoms with Crippen LogP contribution >= 0.6 is 0 Å². The zero-order valence-corrected chi connectivity index (χ0v) is 11.3. The van der Waals surface area contributed by atoms with E-state index < -0.39 is 0 Å². The molecule has 1 heterocycles. The van der Waals surface area contributed by atoms with E-state index in [0.29, 0.717) is 11.3 Å². The van der Waals surface area contributed by atoms with Gasteiger partial charge in [-0.15, -0.1) is 0 Å². The highest BCUT2D eigenvalue weighted by Gasteiger charge is 2.40. The molecule has 1 aromatic rings. The number of nitro groups is 1. The topological polar surface area (TPSA) is 55.2 Å². The zero-order valence-electron chi connectivity index (χ0n) is 11.3. The maximum Gasteiger partial charge on any atom is 0.269 e. The van der Waals surface area contributed by atoms with Gasteiger partial charge in [-0.25, -0.2) is 0 Å². The van der Waals surface area contributed by atoms with Gasteiger partial charge in [-0.1, -0.05) is 26.2 Å². The molecule has 1 aromatic carbocycles. The van der Waals surface area contributed by atoms with E-state index in [1.54, 1.807) is 12.1 Å². The lowest BCUT2D eigenvalue weighted by Crippen LogP contribution is -2.29. The first-order valence-corrected chi connectivity index (χ1v) is 7.12. The van der Waals surface area contributed by atoms with Crippen molar-refractivity contribution in [2.45, 2.75) is 44.9 Å². The van der Waals surface area contributed by atoms with Gasteiger partial charge >= 0.3 is 0 Å². The first-order valence-electron chi connectivity index (χ1n) is 7.12. The van der Waals surface area contributed by atoms with Crippen molar-refractivity contribution in [3.63, 3.8) is 0 Å². The van der Waals surface area contributed by atoms with Crippen molar-refractivity contribution in [1.82, 2.24) is 0 Å². The minimum absolute atomic E-state index is 0.215. The van der Waals surface area contributed by atoms with Crippen LogP contribution in [0.25, 0.3) is 0 Å². The molecule has 1 N–H and O–H groups in total. The first-order chi connectivity index (χ1) is 9.10. The summed E-state index contributed by atoms with van der Waals surface area (Å²) in [6, 6.07) is 5.23. The molecule has 0 radical (unpaired) electrons. The third kappa shape index (κ3) is 2.09. The summed E-state index contributed by atoms with van der Waals surface area (Å²) in [5.41, 5.74) is 2.75. The van der Waals surface area contributed by atoms with Crippen molar-refractivity contribution in [1.29, 1.82) is 0 Å². The Morgan fingerprint density at radius 3 is 2.74 bits per heavy atom. The van der Waals surface area contributed by atoms with Gasteiger partial charge in [0.15, 0.2) is 0 Å². The SMILES string of the molecule is CC1(C2CNc3ccc([N+](=O)[O-])cc32)CCCCC1. The maximum absolute atomic E-state index is 10.9. The Kier molecular flexibility index (Phi) is 2.96. The van der Waals surface area contributed by atoms with Gasteiger partial charge in [0, 0.05) is 30.3 Å². The summed E-state index contributed by atoms with van der Waals surface area (Å²) >= 11 is 0. The molecule has 0 spiro atoms. The number of benzene rings is 1. The Bertz CT molecular complexity index is 507. The van der Waals surface area contributed by atoms with Crippen LogP contribution in [0, 0.1) is 15.5 Å². The molecular formula is C15H20N2O2. The second kappa shape index (κ2) is 4.51. The number of anilines is 1. The predicted molar refractivity (Wildman–Crippen MR) is 75.5 cm³/mol. The van der Waals surface area contributed by atoms with E-state index in [1.807, 2.05) is 6.07 Å². The molecule has 0 bridgehead atoms. The van der Waals surface area contributed by atoms with Gasteiger partial charge in [-0.3, -0.25) is 10.1 Å². The molecule has 19 heavy (non-hydrogen) atoms. The predicted octanol–water partition coefficient (Wildman–Crippen LogP) is 4.07. The van der Waals surface area contributed by atoms with Crippen LogP contribution in [0.5, 0.6) is 0 Å². The second-order valence-corrected chi connectivity index (χ2v) is 6.18. The molecule has 0 aromatic heterocycles. The fraction of sp³-hybridized carbons (Fsp3) is 0.600. The minimum atomic E-state index is -0.293. The van der Waals surface area contributed by atoms with Gasteiger partial charge in [0.1, 0.15) is 0 Å². The van der Waals surface area contributed by atoms with Crippen LogP contribution in [-0.4, -0.2) is 11.5 Å². The van der Waals surface area contributed by atoms with Gasteiger partial charge in [0.25, 0.3) is 5.69 Å². The highest BCUT2D eigenvalue weighted by atomic mass is 16.6. The molecule has 102 valence electrons. The number of non-ortho nitro benzene ring substituents is 1. The van der Waals surface area contributed by atoms with Gasteiger partial charge in [0.2, 0.25) is 0 Å². The Morgan fingerprint density at radius 1 is 1.32 bits per heavy atom. The number of nitro benzene ring substituents is 1. The van der Waals surface area contributed by atoms with E-state index >= 15 is 0 Å². The number of fused-ring (bicyclic) bond motifs is 1. The van der Waals surface area contributed by atoms with Crippen molar-refractivity contribution in [3.8, 4) is 0 Å². The average molecular weight is 260 g/mol. The van der Waals surface area contributed by atoms with Crippen LogP contribution in [-0.2, 0) is 0 Å². The average Bonchev–Trinajstić information content (AvgIpc) is 2.83. The highest BCUT2D eigenvalue weighted by molar-refractivity contribution is 5.62. The Balaban J connectivity index is 1.96. The van der Waals surface area contributed by atoms with Crippen LogP contribution < -0.4 is 5.32 Å². The van der Waals surface area contributed by atoms with E-state index in [9.17, 15) is 10.1 Å². The molecule has 1 unspecified atom stereocenters. The van der Waals surface area contributed by atoms with E-state index in [0.717, 1.165) is 17.8 Å². The quantitative estimate of drug-likeness (QED) is 0.644. The van der Waals surface area contributed by atoms with Gasteiger partial charge in [-0.2, -0.15) is 0 Å². The number of hydrogen-bond donors (Lipinski definition) is 1. The molecule has 1 atom stereocenters. The van der Waals surface area contributed by atoms with Crippen LogP contribution in [0.15, 0.2) is 18.2 Å². The monoisotopic (exact) mass is 260 g/mol. The number of hydrogen-bond acceptors (Lipinski definition) is 3. The van der Waals surface area contributed by atoms with Crippen LogP contribution in [0.1, 0.15) is 50.5 Å². The van der Waals surface area contributed by atoms with Crippen molar-refractivity contribution in [2.24, 2.45) is 5.41 Å². The molecule has 0 amide bonds. The standard InChI is InChI=1S/C15H20N2O2/c1-15(7-3-2-4-8-15)13-10-16-14-6-5-11(17(18)19)9-12(13)14/h5-6,9,13,16H,2-4,7-8,10H2,1H3. The lowest BCUT2D eigenvalue weighted by atomic mass is 9.65. The summed E-state index contributed by atoms with van der Waals surface area (Å²) in [7, 11) is 0. The molecule has 1 aliphatic heterocycles. The molecule has 3 rings (SSSR count). The summed E-state index contributed by atoms with van der Waals surface area (Å²) < 4.78 is 0. The maximum atomic E-state index is 10.9. The third-order valence-electron chi connectivity index (χ3n) is 4.96. The fourth-order valence-corrected chi connectivity index (χ4v) is 3.76. The summed E-state index contributed by atoms with van der Waals surface area (Å²) in [4.78, 5) is 10.7. The Morgan fingerprint density at radius 2 is 2.05 bits per heavy atom. The summed E-state index contributed by atoms with van der Waals surface area (Å²) in [6.45, 7) is 3.28. The lowest BCUT2D eigenvalue weighted by molar-refractivity contribution is -0.384. The van der Waals surface area contributed by atoms with Gasteiger partial charge in [-0.05, 0) is 29.9 Å². The summed E-state index contributed by atoms with van der Waals surface area (Å²) in [6.07, 6.45) is 6.38. The van der Waals surface area contributed by atoms with Gasteiger partial charge < -0.3 is 5.32 Å². The zero-order chi connectivity index (χ0) is 13.5. The fourth-order valence-electron chi connectivity index (χ4n) is 3.76. The molecule has 2 aliphatic rings. The Labute approximate surface area is 113 Å². The third-order valence-corrected chi connectivity index (χ3v) is 4.96. The number of nitrogens with zero attached hydrogens (tertiary/aromatic N) is 1. The highest BCUT2D eigenvalue weighted by Crippen LogP contribution is 2.51. The van der Waals surface area contributed by atoms with Gasteiger partial charge in [0.05, 0.1) is 4.92 Å². The van der Waals surface area contributed by atoms with Crippen molar-refractivity contribution in [3.05, 3.63) is 33.9 Å². The van der Waals surface area contributed by atoms with E-state index in [-0.39, 0.29) is 10.6 Å². The van der Waals surface area contributed by atoms with Crippen LogP contribution in [0.2, 0.25) is 0 Å². The van der Waals surface area contributed by atoms with Crippen LogP contribution in [0.3, 0.4) is 0 Å². The molecule has 1 fully saturated rings. The lowest BCUT2D eigenvalue weighted by Gasteiger charge is -2.39. The molecule has 1 aliphatic carbocycles.